The van der Waals surface area contributed by atoms with E-state index in [2.05, 4.69) is 45.4 Å². The second-order valence-corrected chi connectivity index (χ2v) is 8.25. The zero-order chi connectivity index (χ0) is 23.2. The standard InChI is InChI=1S/C25H32N6O2/c1-29(2)24-17-23(26-21-16-20(32-3)10-11-22(21)33-4)27-25(28-24)31-14-12-30(13-15-31)18-19-8-6-5-7-9-19/h5-11,16-17H,12-15,18H2,1-4H3,(H,26,27,28). The smallest absolute Gasteiger partial charge is 0.229 e. The molecule has 0 aliphatic carbocycles. The highest BCUT2D eigenvalue weighted by Crippen LogP contribution is 2.32. The average molecular weight is 449 g/mol. The summed E-state index contributed by atoms with van der Waals surface area (Å²) in [6.07, 6.45) is 0. The van der Waals surface area contributed by atoms with E-state index in [1.54, 1.807) is 14.2 Å². The van der Waals surface area contributed by atoms with E-state index in [0.717, 1.165) is 61.7 Å². The van der Waals surface area contributed by atoms with Gasteiger partial charge in [0.1, 0.15) is 23.1 Å². The maximum atomic E-state index is 5.51. The van der Waals surface area contributed by atoms with Crippen LogP contribution in [0.5, 0.6) is 11.5 Å². The molecule has 174 valence electrons. The molecule has 0 saturated carbocycles. The number of anilines is 4. The fourth-order valence-electron chi connectivity index (χ4n) is 3.85. The number of ether oxygens (including phenoxy) is 2. The maximum Gasteiger partial charge on any atom is 0.229 e. The maximum absolute atomic E-state index is 5.51. The lowest BCUT2D eigenvalue weighted by atomic mass is 10.2. The molecule has 1 aromatic heterocycles. The number of methoxy groups -OCH3 is 2. The van der Waals surface area contributed by atoms with Gasteiger partial charge in [0.2, 0.25) is 5.95 Å². The lowest BCUT2D eigenvalue weighted by Gasteiger charge is -2.35. The average Bonchev–Trinajstić information content (AvgIpc) is 2.85. The summed E-state index contributed by atoms with van der Waals surface area (Å²) in [6, 6.07) is 18.2. The number of nitrogens with zero attached hydrogens (tertiary/aromatic N) is 5. The molecule has 0 spiro atoms. The third-order valence-corrected chi connectivity index (χ3v) is 5.73. The van der Waals surface area contributed by atoms with Crippen LogP contribution in [0, 0.1) is 0 Å². The Kier molecular flexibility index (Phi) is 7.14. The first-order valence-electron chi connectivity index (χ1n) is 11.1. The Balaban J connectivity index is 1.51. The van der Waals surface area contributed by atoms with Crippen molar-refractivity contribution in [3.05, 3.63) is 60.2 Å². The molecular formula is C25H32N6O2. The third-order valence-electron chi connectivity index (χ3n) is 5.73. The van der Waals surface area contributed by atoms with Crippen molar-refractivity contribution in [1.29, 1.82) is 0 Å². The number of piperazine rings is 1. The second-order valence-electron chi connectivity index (χ2n) is 8.25. The van der Waals surface area contributed by atoms with Crippen LogP contribution in [0.15, 0.2) is 54.6 Å². The van der Waals surface area contributed by atoms with Gasteiger partial charge in [-0.05, 0) is 17.7 Å². The highest BCUT2D eigenvalue weighted by atomic mass is 16.5. The number of rotatable bonds is 8. The first kappa shape index (κ1) is 22.7. The number of hydrogen-bond acceptors (Lipinski definition) is 8. The predicted octanol–water partition coefficient (Wildman–Crippen LogP) is 3.63. The highest BCUT2D eigenvalue weighted by molar-refractivity contribution is 5.68. The fourth-order valence-corrected chi connectivity index (χ4v) is 3.85. The van der Waals surface area contributed by atoms with Crippen LogP contribution >= 0.6 is 0 Å². The Labute approximate surface area is 195 Å². The molecule has 0 bridgehead atoms. The predicted molar refractivity (Wildman–Crippen MR) is 133 cm³/mol. The Morgan fingerprint density at radius 3 is 2.33 bits per heavy atom. The van der Waals surface area contributed by atoms with Gasteiger partial charge in [-0.2, -0.15) is 9.97 Å². The van der Waals surface area contributed by atoms with Gasteiger partial charge in [0, 0.05) is 59.0 Å². The summed E-state index contributed by atoms with van der Waals surface area (Å²) in [5, 5.41) is 3.39. The van der Waals surface area contributed by atoms with Crippen LogP contribution in [-0.2, 0) is 6.54 Å². The first-order chi connectivity index (χ1) is 16.1. The monoisotopic (exact) mass is 448 g/mol. The van der Waals surface area contributed by atoms with E-state index >= 15 is 0 Å². The van der Waals surface area contributed by atoms with Crippen molar-refractivity contribution in [2.24, 2.45) is 0 Å². The molecule has 1 fully saturated rings. The van der Waals surface area contributed by atoms with Gasteiger partial charge >= 0.3 is 0 Å². The SMILES string of the molecule is COc1ccc(OC)c(Nc2cc(N(C)C)nc(N3CCN(Cc4ccccc4)CC3)n2)c1. The summed E-state index contributed by atoms with van der Waals surface area (Å²) in [7, 11) is 7.27. The molecule has 0 unspecified atom stereocenters. The van der Waals surface area contributed by atoms with Crippen molar-refractivity contribution in [2.75, 3.05) is 69.6 Å². The summed E-state index contributed by atoms with van der Waals surface area (Å²) in [5.74, 6) is 3.75. The number of nitrogens with one attached hydrogen (secondary N) is 1. The minimum absolute atomic E-state index is 0.710. The Morgan fingerprint density at radius 2 is 1.67 bits per heavy atom. The Hall–Kier alpha value is -3.52. The Bertz CT molecular complexity index is 1050. The van der Waals surface area contributed by atoms with Gasteiger partial charge in [-0.15, -0.1) is 0 Å². The molecule has 8 nitrogen and oxygen atoms in total. The zero-order valence-corrected chi connectivity index (χ0v) is 19.8. The van der Waals surface area contributed by atoms with Gasteiger partial charge in [0.25, 0.3) is 0 Å². The molecule has 4 rings (SSSR count). The Morgan fingerprint density at radius 1 is 0.909 bits per heavy atom. The number of benzene rings is 2. The van der Waals surface area contributed by atoms with Crippen LogP contribution in [0.2, 0.25) is 0 Å². The first-order valence-corrected chi connectivity index (χ1v) is 11.1. The van der Waals surface area contributed by atoms with Gasteiger partial charge < -0.3 is 24.6 Å². The largest absolute Gasteiger partial charge is 0.497 e. The zero-order valence-electron chi connectivity index (χ0n) is 19.8. The topological polar surface area (TPSA) is 66.0 Å². The molecule has 1 N–H and O–H groups in total. The molecule has 2 aromatic carbocycles. The van der Waals surface area contributed by atoms with Gasteiger partial charge in [-0.25, -0.2) is 0 Å². The van der Waals surface area contributed by atoms with Crippen LogP contribution in [0.3, 0.4) is 0 Å². The summed E-state index contributed by atoms with van der Waals surface area (Å²) >= 11 is 0. The van der Waals surface area contributed by atoms with E-state index in [4.69, 9.17) is 19.4 Å². The molecule has 0 amide bonds. The highest BCUT2D eigenvalue weighted by Gasteiger charge is 2.21. The van der Waals surface area contributed by atoms with E-state index < -0.39 is 0 Å². The molecule has 1 saturated heterocycles. The quantitative estimate of drug-likeness (QED) is 0.561. The van der Waals surface area contributed by atoms with E-state index in [0.29, 0.717) is 5.82 Å². The van der Waals surface area contributed by atoms with Crippen molar-refractivity contribution in [3.63, 3.8) is 0 Å². The van der Waals surface area contributed by atoms with Crippen molar-refractivity contribution < 1.29 is 9.47 Å². The molecule has 3 aromatic rings. The van der Waals surface area contributed by atoms with E-state index in [1.165, 1.54) is 5.56 Å². The van der Waals surface area contributed by atoms with Crippen LogP contribution in [0.1, 0.15) is 5.56 Å². The van der Waals surface area contributed by atoms with Gasteiger partial charge in [-0.1, -0.05) is 30.3 Å². The molecule has 2 heterocycles. The van der Waals surface area contributed by atoms with Crippen molar-refractivity contribution >= 4 is 23.3 Å². The fraction of sp³-hybridized carbons (Fsp3) is 0.360. The summed E-state index contributed by atoms with van der Waals surface area (Å²) in [4.78, 5) is 16.4. The van der Waals surface area contributed by atoms with Gasteiger partial charge in [-0.3, -0.25) is 4.90 Å². The van der Waals surface area contributed by atoms with Crippen LogP contribution in [0.4, 0.5) is 23.3 Å². The van der Waals surface area contributed by atoms with Crippen molar-refractivity contribution in [1.82, 2.24) is 14.9 Å². The minimum Gasteiger partial charge on any atom is -0.497 e. The molecule has 1 aliphatic heterocycles. The molecule has 33 heavy (non-hydrogen) atoms. The van der Waals surface area contributed by atoms with Crippen LogP contribution in [-0.4, -0.2) is 69.4 Å². The summed E-state index contributed by atoms with van der Waals surface area (Å²) < 4.78 is 10.9. The van der Waals surface area contributed by atoms with E-state index in [-0.39, 0.29) is 0 Å². The van der Waals surface area contributed by atoms with Crippen LogP contribution in [0.25, 0.3) is 0 Å². The molecule has 1 aliphatic rings. The lowest BCUT2D eigenvalue weighted by Crippen LogP contribution is -2.46. The van der Waals surface area contributed by atoms with E-state index in [9.17, 15) is 0 Å². The third kappa shape index (κ3) is 5.64. The summed E-state index contributed by atoms with van der Waals surface area (Å²) in [6.45, 7) is 4.67. The van der Waals surface area contributed by atoms with Gasteiger partial charge in [0.15, 0.2) is 0 Å². The minimum atomic E-state index is 0.710. The van der Waals surface area contributed by atoms with Crippen molar-refractivity contribution in [3.8, 4) is 11.5 Å². The molecule has 0 atom stereocenters. The number of aromatic nitrogens is 2. The van der Waals surface area contributed by atoms with Crippen LogP contribution < -0.4 is 24.6 Å². The second kappa shape index (κ2) is 10.4. The van der Waals surface area contributed by atoms with Crippen molar-refractivity contribution in [2.45, 2.75) is 6.54 Å². The van der Waals surface area contributed by atoms with Gasteiger partial charge in [0.05, 0.1) is 19.9 Å². The molecule has 8 heteroatoms. The summed E-state index contributed by atoms with van der Waals surface area (Å²) in [5.41, 5.74) is 2.13. The normalized spacial score (nSPS) is 14.1. The lowest BCUT2D eigenvalue weighted by molar-refractivity contribution is 0.249. The molecular weight excluding hydrogens is 416 g/mol. The molecule has 0 radical (unpaired) electrons. The number of hydrogen-bond donors (Lipinski definition) is 1. The van der Waals surface area contributed by atoms with E-state index in [1.807, 2.05) is 43.3 Å².